The summed E-state index contributed by atoms with van der Waals surface area (Å²) in [7, 11) is 1.73. The molecule has 0 saturated carbocycles. The zero-order chi connectivity index (χ0) is 11.4. The van der Waals surface area contributed by atoms with E-state index in [1.807, 2.05) is 13.8 Å². The van der Waals surface area contributed by atoms with Crippen molar-refractivity contribution in [1.29, 1.82) is 0 Å². The van der Waals surface area contributed by atoms with E-state index in [2.05, 4.69) is 22.6 Å². The fourth-order valence-electron chi connectivity index (χ4n) is 1.45. The van der Waals surface area contributed by atoms with Crippen molar-refractivity contribution in [3.63, 3.8) is 0 Å². The molecule has 4 heteroatoms. The summed E-state index contributed by atoms with van der Waals surface area (Å²) in [5.74, 6) is 0. The average Bonchev–Trinajstić information content (AvgIpc) is 2.28. The quantitative estimate of drug-likeness (QED) is 0.573. The summed E-state index contributed by atoms with van der Waals surface area (Å²) in [5.41, 5.74) is -0.189. The number of rotatable bonds is 5. The van der Waals surface area contributed by atoms with Gasteiger partial charge in [-0.05, 0) is 13.8 Å². The molecule has 0 amide bonds. The highest BCUT2D eigenvalue weighted by atomic mass is 127. The molecule has 1 aliphatic heterocycles. The standard InChI is InChI=1S/C11H21IO3/c1-10(2,13-3)9-15-11(8-12)4-6-14-7-5-11/h4-9H2,1-3H3. The van der Waals surface area contributed by atoms with Gasteiger partial charge in [0.15, 0.2) is 0 Å². The van der Waals surface area contributed by atoms with Crippen LogP contribution in [0.2, 0.25) is 0 Å². The number of halogens is 1. The van der Waals surface area contributed by atoms with Crippen LogP contribution in [0.1, 0.15) is 26.7 Å². The molecule has 90 valence electrons. The third kappa shape index (κ3) is 4.17. The molecule has 1 fully saturated rings. The van der Waals surface area contributed by atoms with Crippen molar-refractivity contribution in [2.45, 2.75) is 37.9 Å². The normalized spacial score (nSPS) is 21.6. The van der Waals surface area contributed by atoms with Crippen molar-refractivity contribution >= 4 is 22.6 Å². The van der Waals surface area contributed by atoms with Gasteiger partial charge in [-0.15, -0.1) is 0 Å². The van der Waals surface area contributed by atoms with E-state index in [1.54, 1.807) is 7.11 Å². The topological polar surface area (TPSA) is 27.7 Å². The zero-order valence-corrected chi connectivity index (χ0v) is 12.0. The van der Waals surface area contributed by atoms with Crippen LogP contribution >= 0.6 is 22.6 Å². The summed E-state index contributed by atoms with van der Waals surface area (Å²) in [5, 5.41) is 0. The minimum Gasteiger partial charge on any atom is -0.381 e. The maximum Gasteiger partial charge on any atom is 0.0855 e. The summed E-state index contributed by atoms with van der Waals surface area (Å²) >= 11 is 2.40. The highest BCUT2D eigenvalue weighted by Crippen LogP contribution is 2.28. The second-order valence-corrected chi connectivity index (χ2v) is 5.44. The van der Waals surface area contributed by atoms with Crippen molar-refractivity contribution < 1.29 is 14.2 Å². The average molecular weight is 328 g/mol. The van der Waals surface area contributed by atoms with Crippen LogP contribution in [0.4, 0.5) is 0 Å². The molecule has 3 nitrogen and oxygen atoms in total. The third-order valence-corrected chi connectivity index (χ3v) is 4.32. The molecule has 0 aromatic carbocycles. The molecule has 1 saturated heterocycles. The van der Waals surface area contributed by atoms with Gasteiger partial charge in [0, 0.05) is 37.6 Å². The van der Waals surface area contributed by atoms with Crippen molar-refractivity contribution in [3.05, 3.63) is 0 Å². The molecule has 0 atom stereocenters. The summed E-state index contributed by atoms with van der Waals surface area (Å²) in [6.07, 6.45) is 1.99. The molecule has 0 bridgehead atoms. The minimum absolute atomic E-state index is 0.00854. The molecule has 0 aromatic heterocycles. The van der Waals surface area contributed by atoms with Crippen molar-refractivity contribution in [2.24, 2.45) is 0 Å². The first-order valence-corrected chi connectivity index (χ1v) is 6.89. The van der Waals surface area contributed by atoms with E-state index < -0.39 is 0 Å². The van der Waals surface area contributed by atoms with Crippen molar-refractivity contribution in [2.75, 3.05) is 31.4 Å². The Bertz CT molecular complexity index is 188. The van der Waals surface area contributed by atoms with Crippen LogP contribution in [0.3, 0.4) is 0 Å². The molecule has 0 N–H and O–H groups in total. The molecular weight excluding hydrogens is 307 g/mol. The second-order valence-electron chi connectivity index (χ2n) is 4.68. The Morgan fingerprint density at radius 3 is 2.40 bits per heavy atom. The first kappa shape index (κ1) is 13.7. The highest BCUT2D eigenvalue weighted by Gasteiger charge is 2.34. The number of ether oxygens (including phenoxy) is 3. The Labute approximate surface area is 106 Å². The van der Waals surface area contributed by atoms with Gasteiger partial charge in [0.25, 0.3) is 0 Å². The summed E-state index contributed by atoms with van der Waals surface area (Å²) in [6, 6.07) is 0. The van der Waals surface area contributed by atoms with Crippen LogP contribution in [-0.2, 0) is 14.2 Å². The lowest BCUT2D eigenvalue weighted by Crippen LogP contribution is -2.44. The Kier molecular flexibility index (Phi) is 5.28. The molecule has 0 spiro atoms. The maximum atomic E-state index is 6.06. The predicted octanol–water partition coefficient (Wildman–Crippen LogP) is 2.41. The summed E-state index contributed by atoms with van der Waals surface area (Å²) in [4.78, 5) is 0. The maximum absolute atomic E-state index is 6.06. The van der Waals surface area contributed by atoms with Gasteiger partial charge >= 0.3 is 0 Å². The lowest BCUT2D eigenvalue weighted by molar-refractivity contribution is -0.141. The summed E-state index contributed by atoms with van der Waals surface area (Å²) in [6.45, 7) is 6.37. The molecule has 0 radical (unpaired) electrons. The van der Waals surface area contributed by atoms with Gasteiger partial charge in [-0.2, -0.15) is 0 Å². The van der Waals surface area contributed by atoms with Crippen LogP contribution in [0.25, 0.3) is 0 Å². The molecule has 0 unspecified atom stereocenters. The summed E-state index contributed by atoms with van der Waals surface area (Å²) < 4.78 is 17.8. The van der Waals surface area contributed by atoms with Gasteiger partial charge in [0.1, 0.15) is 0 Å². The largest absolute Gasteiger partial charge is 0.381 e. The van der Waals surface area contributed by atoms with E-state index in [-0.39, 0.29) is 11.2 Å². The van der Waals surface area contributed by atoms with Gasteiger partial charge in [-0.1, -0.05) is 22.6 Å². The fraction of sp³-hybridized carbons (Fsp3) is 1.00. The predicted molar refractivity (Wildman–Crippen MR) is 68.7 cm³/mol. The SMILES string of the molecule is COC(C)(C)COC1(CI)CCOCC1. The lowest BCUT2D eigenvalue weighted by atomic mass is 9.96. The van der Waals surface area contributed by atoms with Crippen LogP contribution in [0.5, 0.6) is 0 Å². The van der Waals surface area contributed by atoms with Gasteiger partial charge in [0.2, 0.25) is 0 Å². The van der Waals surface area contributed by atoms with E-state index in [1.165, 1.54) is 0 Å². The first-order valence-electron chi connectivity index (χ1n) is 5.36. The van der Waals surface area contributed by atoms with Crippen LogP contribution in [0.15, 0.2) is 0 Å². The van der Waals surface area contributed by atoms with Gasteiger partial charge < -0.3 is 14.2 Å². The molecular formula is C11H21IO3. The van der Waals surface area contributed by atoms with Crippen molar-refractivity contribution in [1.82, 2.24) is 0 Å². The van der Waals surface area contributed by atoms with E-state index in [0.29, 0.717) is 6.61 Å². The molecule has 1 aliphatic rings. The molecule has 0 aliphatic carbocycles. The third-order valence-electron chi connectivity index (χ3n) is 2.93. The van der Waals surface area contributed by atoms with Gasteiger partial charge in [-0.3, -0.25) is 0 Å². The number of hydrogen-bond acceptors (Lipinski definition) is 3. The number of hydrogen-bond donors (Lipinski definition) is 0. The zero-order valence-electron chi connectivity index (χ0n) is 9.85. The van der Waals surface area contributed by atoms with Gasteiger partial charge in [0.05, 0.1) is 17.8 Å². The van der Waals surface area contributed by atoms with E-state index in [4.69, 9.17) is 14.2 Å². The van der Waals surface area contributed by atoms with E-state index in [9.17, 15) is 0 Å². The number of methoxy groups -OCH3 is 1. The van der Waals surface area contributed by atoms with Gasteiger partial charge in [-0.25, -0.2) is 0 Å². The Hall–Kier alpha value is 0.610. The lowest BCUT2D eigenvalue weighted by Gasteiger charge is -2.38. The minimum atomic E-state index is -0.197. The molecule has 15 heavy (non-hydrogen) atoms. The van der Waals surface area contributed by atoms with E-state index in [0.717, 1.165) is 30.5 Å². The Balaban J connectivity index is 2.45. The van der Waals surface area contributed by atoms with E-state index >= 15 is 0 Å². The monoisotopic (exact) mass is 328 g/mol. The van der Waals surface area contributed by atoms with Crippen LogP contribution in [0, 0.1) is 0 Å². The second kappa shape index (κ2) is 5.80. The fourth-order valence-corrected chi connectivity index (χ4v) is 2.43. The molecule has 0 aromatic rings. The van der Waals surface area contributed by atoms with Crippen molar-refractivity contribution in [3.8, 4) is 0 Å². The molecule has 1 heterocycles. The Morgan fingerprint density at radius 1 is 1.33 bits per heavy atom. The van der Waals surface area contributed by atoms with Crippen LogP contribution in [-0.4, -0.2) is 42.6 Å². The first-order chi connectivity index (χ1) is 7.04. The Morgan fingerprint density at radius 2 is 1.93 bits per heavy atom. The number of alkyl halides is 1. The van der Waals surface area contributed by atoms with Crippen LogP contribution < -0.4 is 0 Å². The smallest absolute Gasteiger partial charge is 0.0855 e. The highest BCUT2D eigenvalue weighted by molar-refractivity contribution is 14.1. The molecule has 1 rings (SSSR count).